The Bertz CT molecular complexity index is 1040. The van der Waals surface area contributed by atoms with E-state index in [2.05, 4.69) is 15.6 Å². The summed E-state index contributed by atoms with van der Waals surface area (Å²) in [5.41, 5.74) is 1.76. The van der Waals surface area contributed by atoms with Crippen molar-refractivity contribution in [2.75, 3.05) is 18.5 Å². The van der Waals surface area contributed by atoms with E-state index < -0.39 is 5.25 Å². The van der Waals surface area contributed by atoms with E-state index in [4.69, 9.17) is 9.47 Å². The van der Waals surface area contributed by atoms with Crippen LogP contribution in [0.2, 0.25) is 0 Å². The number of aliphatic imine (C=N–C) groups is 1. The third kappa shape index (κ3) is 4.62. The highest BCUT2D eigenvalue weighted by Gasteiger charge is 2.32. The number of fused-ring (bicyclic) bond motifs is 1. The van der Waals surface area contributed by atoms with Crippen LogP contribution < -0.4 is 20.1 Å². The van der Waals surface area contributed by atoms with Gasteiger partial charge in [-0.25, -0.2) is 4.99 Å². The second-order valence-electron chi connectivity index (χ2n) is 6.73. The van der Waals surface area contributed by atoms with E-state index in [9.17, 15) is 14.4 Å². The topological polar surface area (TPSA) is 106 Å². The molecule has 154 valence electrons. The fourth-order valence-corrected chi connectivity index (χ4v) is 3.97. The molecule has 0 aromatic heterocycles. The second-order valence-corrected chi connectivity index (χ2v) is 7.92. The molecule has 1 saturated heterocycles. The molecule has 2 heterocycles. The zero-order valence-corrected chi connectivity index (χ0v) is 17.0. The number of carbonyl (C=O) groups is 3. The van der Waals surface area contributed by atoms with Gasteiger partial charge < -0.3 is 20.1 Å². The summed E-state index contributed by atoms with van der Waals surface area (Å²) in [6, 6.07) is 11.9. The number of hydrogen-bond acceptors (Lipinski definition) is 7. The van der Waals surface area contributed by atoms with E-state index in [1.165, 1.54) is 18.7 Å². The molecule has 9 heteroatoms. The molecule has 1 unspecified atom stereocenters. The molecule has 4 rings (SSSR count). The Morgan fingerprint density at radius 3 is 2.60 bits per heavy atom. The van der Waals surface area contributed by atoms with Gasteiger partial charge in [-0.2, -0.15) is 0 Å². The second kappa shape index (κ2) is 8.58. The fourth-order valence-electron chi connectivity index (χ4n) is 2.98. The third-order valence-corrected chi connectivity index (χ3v) is 5.56. The minimum absolute atomic E-state index is 0.00508. The summed E-state index contributed by atoms with van der Waals surface area (Å²) < 4.78 is 11.0. The lowest BCUT2D eigenvalue weighted by atomic mass is 10.1. The number of rotatable bonds is 5. The van der Waals surface area contributed by atoms with Crippen molar-refractivity contribution >= 4 is 45.9 Å². The van der Waals surface area contributed by atoms with Gasteiger partial charge in [0.1, 0.15) is 18.5 Å². The molecule has 2 N–H and O–H groups in total. The SMILES string of the molecule is CC(=O)c1ccc(NC(=O)CC2SC(=Nc3ccc4c(c3)OCCO4)NC2=O)cc1. The van der Waals surface area contributed by atoms with Crippen molar-refractivity contribution in [1.82, 2.24) is 5.32 Å². The summed E-state index contributed by atoms with van der Waals surface area (Å²) in [5.74, 6) is 0.678. The molecule has 0 bridgehead atoms. The molecule has 0 aliphatic carbocycles. The lowest BCUT2D eigenvalue weighted by Crippen LogP contribution is -2.28. The standard InChI is InChI=1S/C21H19N3O5S/c1-12(25)13-2-4-14(5-3-13)22-19(26)11-18-20(27)24-21(30-18)23-15-6-7-16-17(10-15)29-9-8-28-16/h2-7,10,18H,8-9,11H2,1H3,(H,22,26)(H,23,24,27). The van der Waals surface area contributed by atoms with Gasteiger partial charge in [-0.15, -0.1) is 0 Å². The highest BCUT2D eigenvalue weighted by molar-refractivity contribution is 8.15. The first kappa shape index (κ1) is 20.0. The van der Waals surface area contributed by atoms with Crippen LogP contribution in [0.4, 0.5) is 11.4 Å². The maximum Gasteiger partial charge on any atom is 0.240 e. The Labute approximate surface area is 177 Å². The van der Waals surface area contributed by atoms with Crippen LogP contribution in [0, 0.1) is 0 Å². The molecule has 0 radical (unpaired) electrons. The predicted molar refractivity (Wildman–Crippen MR) is 114 cm³/mol. The highest BCUT2D eigenvalue weighted by atomic mass is 32.2. The van der Waals surface area contributed by atoms with Gasteiger partial charge in [0.25, 0.3) is 0 Å². The van der Waals surface area contributed by atoms with Crippen LogP contribution in [-0.2, 0) is 9.59 Å². The van der Waals surface area contributed by atoms with Crippen LogP contribution in [-0.4, -0.2) is 41.2 Å². The Morgan fingerprint density at radius 1 is 1.13 bits per heavy atom. The smallest absolute Gasteiger partial charge is 0.240 e. The number of ketones is 1. The number of thioether (sulfide) groups is 1. The minimum atomic E-state index is -0.572. The average molecular weight is 425 g/mol. The van der Waals surface area contributed by atoms with Gasteiger partial charge in [0.2, 0.25) is 11.8 Å². The van der Waals surface area contributed by atoms with Crippen LogP contribution in [0.1, 0.15) is 23.7 Å². The Kier molecular flexibility index (Phi) is 5.71. The van der Waals surface area contributed by atoms with Crippen LogP contribution >= 0.6 is 11.8 Å². The first-order valence-corrected chi connectivity index (χ1v) is 10.2. The van der Waals surface area contributed by atoms with E-state index in [-0.39, 0.29) is 24.0 Å². The molecule has 2 aliphatic heterocycles. The average Bonchev–Trinajstić information content (AvgIpc) is 3.06. The summed E-state index contributed by atoms with van der Waals surface area (Å²) in [7, 11) is 0. The summed E-state index contributed by atoms with van der Waals surface area (Å²) in [5, 5.41) is 5.31. The fraction of sp³-hybridized carbons (Fsp3) is 0.238. The van der Waals surface area contributed by atoms with Crippen LogP contribution in [0.5, 0.6) is 11.5 Å². The van der Waals surface area contributed by atoms with E-state index >= 15 is 0 Å². The van der Waals surface area contributed by atoms with Crippen molar-refractivity contribution in [3.8, 4) is 11.5 Å². The number of anilines is 1. The number of hydrogen-bond donors (Lipinski definition) is 2. The summed E-state index contributed by atoms with van der Waals surface area (Å²) in [6.07, 6.45) is 0.00508. The molecule has 0 spiro atoms. The van der Waals surface area contributed by atoms with E-state index in [0.29, 0.717) is 46.8 Å². The lowest BCUT2D eigenvalue weighted by molar-refractivity contribution is -0.122. The molecule has 0 saturated carbocycles. The maximum absolute atomic E-state index is 12.3. The third-order valence-electron chi connectivity index (χ3n) is 4.48. The molecule has 2 aromatic rings. The molecule has 8 nitrogen and oxygen atoms in total. The minimum Gasteiger partial charge on any atom is -0.486 e. The van der Waals surface area contributed by atoms with Gasteiger partial charge in [-0.1, -0.05) is 11.8 Å². The summed E-state index contributed by atoms with van der Waals surface area (Å²) in [4.78, 5) is 40.3. The molecule has 1 atom stereocenters. The van der Waals surface area contributed by atoms with Crippen molar-refractivity contribution in [3.05, 3.63) is 48.0 Å². The van der Waals surface area contributed by atoms with Gasteiger partial charge in [0, 0.05) is 23.7 Å². The Balaban J connectivity index is 1.37. The number of carbonyl (C=O) groups excluding carboxylic acids is 3. The number of ether oxygens (including phenoxy) is 2. The van der Waals surface area contributed by atoms with E-state index in [1.54, 1.807) is 42.5 Å². The Hall–Kier alpha value is -3.33. The molecule has 30 heavy (non-hydrogen) atoms. The van der Waals surface area contributed by atoms with Crippen LogP contribution in [0.3, 0.4) is 0 Å². The quantitative estimate of drug-likeness (QED) is 0.714. The van der Waals surface area contributed by atoms with E-state index in [1.807, 2.05) is 0 Å². The number of nitrogens with zero attached hydrogens (tertiary/aromatic N) is 1. The van der Waals surface area contributed by atoms with Gasteiger partial charge in [0.05, 0.1) is 5.69 Å². The summed E-state index contributed by atoms with van der Waals surface area (Å²) in [6.45, 7) is 2.47. The highest BCUT2D eigenvalue weighted by Crippen LogP contribution is 2.34. The van der Waals surface area contributed by atoms with Crippen molar-refractivity contribution < 1.29 is 23.9 Å². The van der Waals surface area contributed by atoms with Crippen LogP contribution in [0.15, 0.2) is 47.5 Å². The van der Waals surface area contributed by atoms with Gasteiger partial charge in [0.15, 0.2) is 22.4 Å². The van der Waals surface area contributed by atoms with Crippen molar-refractivity contribution in [2.24, 2.45) is 4.99 Å². The molecule has 2 aliphatic rings. The number of nitrogens with one attached hydrogen (secondary N) is 2. The zero-order chi connectivity index (χ0) is 21.1. The molecular formula is C21H19N3O5S. The largest absolute Gasteiger partial charge is 0.486 e. The normalized spacial score (nSPS) is 18.8. The van der Waals surface area contributed by atoms with Gasteiger partial charge >= 0.3 is 0 Å². The Morgan fingerprint density at radius 2 is 1.87 bits per heavy atom. The molecule has 2 aromatic carbocycles. The number of amides is 2. The van der Waals surface area contributed by atoms with E-state index in [0.717, 1.165) is 0 Å². The number of amidine groups is 1. The molecule has 2 amide bonds. The van der Waals surface area contributed by atoms with Crippen LogP contribution in [0.25, 0.3) is 0 Å². The van der Waals surface area contributed by atoms with Gasteiger partial charge in [-0.05, 0) is 43.3 Å². The van der Waals surface area contributed by atoms with Crippen molar-refractivity contribution in [1.29, 1.82) is 0 Å². The number of Topliss-reactive ketones (excluding diaryl/α,β-unsaturated/α-hetero) is 1. The number of benzene rings is 2. The first-order chi connectivity index (χ1) is 14.5. The van der Waals surface area contributed by atoms with Crippen molar-refractivity contribution in [2.45, 2.75) is 18.6 Å². The maximum atomic E-state index is 12.3. The van der Waals surface area contributed by atoms with Gasteiger partial charge in [-0.3, -0.25) is 14.4 Å². The first-order valence-electron chi connectivity index (χ1n) is 9.34. The van der Waals surface area contributed by atoms with Crippen molar-refractivity contribution in [3.63, 3.8) is 0 Å². The predicted octanol–water partition coefficient (Wildman–Crippen LogP) is 2.91. The zero-order valence-electron chi connectivity index (χ0n) is 16.1. The molecule has 1 fully saturated rings. The lowest BCUT2D eigenvalue weighted by Gasteiger charge is -2.18. The monoisotopic (exact) mass is 425 g/mol. The summed E-state index contributed by atoms with van der Waals surface area (Å²) >= 11 is 1.21. The molecular weight excluding hydrogens is 406 g/mol.